The van der Waals surface area contributed by atoms with Crippen LogP contribution >= 0.6 is 11.3 Å². The van der Waals surface area contributed by atoms with Gasteiger partial charge in [0.1, 0.15) is 11.2 Å². The third-order valence-corrected chi connectivity index (χ3v) is 10.6. The first kappa shape index (κ1) is 28.6. The van der Waals surface area contributed by atoms with E-state index < -0.39 is 0 Å². The standard InChI is InChI=1S/C45H27N3OS/c1-2-12-28(13-3-1)37-26-38(31-16-5-4-15-30(31)29-14-11-25-46-27-29)48-45(47-37)36-24-23-33(44-43(36)34-17-6-8-20-39(34)49-44)32-19-10-22-41-42(32)35-18-7-9-21-40(35)50-41/h1-27H. The highest BCUT2D eigenvalue weighted by Gasteiger charge is 2.22. The second-order valence-corrected chi connectivity index (χ2v) is 13.4. The van der Waals surface area contributed by atoms with Gasteiger partial charge in [0.25, 0.3) is 0 Å². The van der Waals surface area contributed by atoms with Gasteiger partial charge in [-0.05, 0) is 53.6 Å². The molecule has 0 aliphatic heterocycles. The lowest BCUT2D eigenvalue weighted by molar-refractivity contribution is 0.670. The number of benzene rings is 6. The third kappa shape index (κ3) is 4.63. The fourth-order valence-electron chi connectivity index (χ4n) is 7.17. The lowest BCUT2D eigenvalue weighted by Crippen LogP contribution is -1.98. The molecule has 0 bridgehead atoms. The Hall–Kier alpha value is -6.43. The van der Waals surface area contributed by atoms with Gasteiger partial charge < -0.3 is 4.42 Å². The monoisotopic (exact) mass is 657 g/mol. The molecule has 50 heavy (non-hydrogen) atoms. The van der Waals surface area contributed by atoms with Gasteiger partial charge in [-0.25, -0.2) is 9.97 Å². The quantitative estimate of drug-likeness (QED) is 0.185. The van der Waals surface area contributed by atoms with Crippen LogP contribution in [0.25, 0.3) is 98.3 Å². The van der Waals surface area contributed by atoms with Crippen molar-refractivity contribution < 1.29 is 4.42 Å². The number of hydrogen-bond donors (Lipinski definition) is 0. The number of para-hydroxylation sites is 1. The SMILES string of the molecule is c1ccc(-c2cc(-c3ccccc3-c3cccnc3)nc(-c3ccc(-c4cccc5sc6ccccc6c45)c4oc5ccccc5c34)n2)cc1. The molecule has 0 saturated heterocycles. The minimum Gasteiger partial charge on any atom is -0.455 e. The molecule has 0 fully saturated rings. The second-order valence-electron chi connectivity index (χ2n) is 12.4. The first-order valence-corrected chi connectivity index (χ1v) is 17.4. The van der Waals surface area contributed by atoms with Gasteiger partial charge in [-0.15, -0.1) is 11.3 Å². The summed E-state index contributed by atoms with van der Waals surface area (Å²) in [5, 5.41) is 4.55. The van der Waals surface area contributed by atoms with Crippen molar-refractivity contribution >= 4 is 53.4 Å². The first-order chi connectivity index (χ1) is 24.8. The molecule has 0 aliphatic rings. The van der Waals surface area contributed by atoms with Gasteiger partial charge in [-0.2, -0.15) is 0 Å². The molecule has 0 atom stereocenters. The van der Waals surface area contributed by atoms with Crippen LogP contribution in [0.3, 0.4) is 0 Å². The predicted molar refractivity (Wildman–Crippen MR) is 207 cm³/mol. The number of pyridine rings is 1. The zero-order valence-electron chi connectivity index (χ0n) is 26.7. The predicted octanol–water partition coefficient (Wildman–Crippen LogP) is 12.5. The number of rotatable bonds is 5. The van der Waals surface area contributed by atoms with Gasteiger partial charge in [0, 0.05) is 71.2 Å². The van der Waals surface area contributed by atoms with E-state index in [2.05, 4.69) is 120 Å². The topological polar surface area (TPSA) is 51.8 Å². The summed E-state index contributed by atoms with van der Waals surface area (Å²) in [6, 6.07) is 52.7. The molecule has 0 saturated carbocycles. The maximum Gasteiger partial charge on any atom is 0.161 e. The van der Waals surface area contributed by atoms with Gasteiger partial charge in [-0.1, -0.05) is 109 Å². The number of hydrogen-bond acceptors (Lipinski definition) is 5. The maximum atomic E-state index is 6.79. The third-order valence-electron chi connectivity index (χ3n) is 9.43. The van der Waals surface area contributed by atoms with Crippen molar-refractivity contribution in [3.05, 3.63) is 164 Å². The summed E-state index contributed by atoms with van der Waals surface area (Å²) in [6.07, 6.45) is 3.70. The molecule has 0 N–H and O–H groups in total. The van der Waals surface area contributed by atoms with E-state index in [0.717, 1.165) is 72.3 Å². The van der Waals surface area contributed by atoms with Gasteiger partial charge in [-0.3, -0.25) is 4.98 Å². The Labute approximate surface area is 292 Å². The van der Waals surface area contributed by atoms with Crippen LogP contribution in [0.15, 0.2) is 168 Å². The number of thiophene rings is 1. The summed E-state index contributed by atoms with van der Waals surface area (Å²) in [5.74, 6) is 0.643. The molecule has 234 valence electrons. The fraction of sp³-hybridized carbons (Fsp3) is 0. The van der Waals surface area contributed by atoms with Crippen LogP contribution in [-0.2, 0) is 0 Å². The largest absolute Gasteiger partial charge is 0.455 e. The van der Waals surface area contributed by atoms with Crippen molar-refractivity contribution in [3.63, 3.8) is 0 Å². The van der Waals surface area contributed by atoms with E-state index in [-0.39, 0.29) is 0 Å². The molecule has 0 unspecified atom stereocenters. The minimum absolute atomic E-state index is 0.643. The molecule has 10 aromatic rings. The van der Waals surface area contributed by atoms with E-state index >= 15 is 0 Å². The summed E-state index contributed by atoms with van der Waals surface area (Å²) >= 11 is 1.82. The van der Waals surface area contributed by atoms with Crippen molar-refractivity contribution in [2.45, 2.75) is 0 Å². The lowest BCUT2D eigenvalue weighted by Gasteiger charge is -2.14. The molecule has 4 nitrogen and oxygen atoms in total. The first-order valence-electron chi connectivity index (χ1n) is 16.6. The van der Waals surface area contributed by atoms with Crippen LogP contribution in [0.2, 0.25) is 0 Å². The Balaban J connectivity index is 1.26. The van der Waals surface area contributed by atoms with Crippen LogP contribution in [0.5, 0.6) is 0 Å². The van der Waals surface area contributed by atoms with E-state index in [0.29, 0.717) is 5.82 Å². The van der Waals surface area contributed by atoms with Gasteiger partial charge in [0.2, 0.25) is 0 Å². The van der Waals surface area contributed by atoms with E-state index in [4.69, 9.17) is 14.4 Å². The van der Waals surface area contributed by atoms with Crippen LogP contribution in [0.1, 0.15) is 0 Å². The summed E-state index contributed by atoms with van der Waals surface area (Å²) in [6.45, 7) is 0. The average Bonchev–Trinajstić information content (AvgIpc) is 3.77. The number of nitrogens with zero attached hydrogens (tertiary/aromatic N) is 3. The van der Waals surface area contributed by atoms with Crippen LogP contribution in [-0.4, -0.2) is 15.0 Å². The van der Waals surface area contributed by atoms with Crippen LogP contribution in [0, 0.1) is 0 Å². The highest BCUT2D eigenvalue weighted by atomic mass is 32.1. The number of aromatic nitrogens is 3. The van der Waals surface area contributed by atoms with Crippen molar-refractivity contribution in [2.24, 2.45) is 0 Å². The molecule has 4 aromatic heterocycles. The zero-order valence-corrected chi connectivity index (χ0v) is 27.6. The van der Waals surface area contributed by atoms with E-state index in [9.17, 15) is 0 Å². The van der Waals surface area contributed by atoms with Crippen molar-refractivity contribution in [1.82, 2.24) is 15.0 Å². The molecule has 0 aliphatic carbocycles. The molecule has 0 spiro atoms. The second kappa shape index (κ2) is 11.6. The Kier molecular flexibility index (Phi) is 6.64. The summed E-state index contributed by atoms with van der Waals surface area (Å²) < 4.78 is 9.32. The number of fused-ring (bicyclic) bond motifs is 6. The van der Waals surface area contributed by atoms with Crippen molar-refractivity contribution in [2.75, 3.05) is 0 Å². The van der Waals surface area contributed by atoms with Gasteiger partial charge in [0.15, 0.2) is 5.82 Å². The molecular weight excluding hydrogens is 631 g/mol. The summed E-state index contributed by atoms with van der Waals surface area (Å²) in [4.78, 5) is 15.0. The van der Waals surface area contributed by atoms with Crippen LogP contribution < -0.4 is 0 Å². The van der Waals surface area contributed by atoms with E-state index in [1.807, 2.05) is 53.9 Å². The Morgan fingerprint density at radius 3 is 2.04 bits per heavy atom. The average molecular weight is 658 g/mol. The lowest BCUT2D eigenvalue weighted by atomic mass is 9.94. The summed E-state index contributed by atoms with van der Waals surface area (Å²) in [7, 11) is 0. The molecule has 6 aromatic carbocycles. The Bertz CT molecular complexity index is 2870. The maximum absolute atomic E-state index is 6.79. The molecule has 0 amide bonds. The Morgan fingerprint density at radius 1 is 0.460 bits per heavy atom. The molecule has 5 heteroatoms. The molecule has 10 rings (SSSR count). The minimum atomic E-state index is 0.643. The normalized spacial score (nSPS) is 11.6. The van der Waals surface area contributed by atoms with E-state index in [1.54, 1.807) is 6.20 Å². The van der Waals surface area contributed by atoms with Gasteiger partial charge >= 0.3 is 0 Å². The van der Waals surface area contributed by atoms with Gasteiger partial charge in [0.05, 0.1) is 11.4 Å². The van der Waals surface area contributed by atoms with Crippen molar-refractivity contribution in [1.29, 1.82) is 0 Å². The highest BCUT2D eigenvalue weighted by molar-refractivity contribution is 7.25. The fourth-order valence-corrected chi connectivity index (χ4v) is 8.30. The Morgan fingerprint density at radius 2 is 1.16 bits per heavy atom. The molecular formula is C45H27N3OS. The molecule has 0 radical (unpaired) electrons. The van der Waals surface area contributed by atoms with Crippen molar-refractivity contribution in [3.8, 4) is 56.2 Å². The van der Waals surface area contributed by atoms with Crippen LogP contribution in [0.4, 0.5) is 0 Å². The highest BCUT2D eigenvalue weighted by Crippen LogP contribution is 2.46. The number of furan rings is 1. The molecule has 4 heterocycles. The smallest absolute Gasteiger partial charge is 0.161 e. The zero-order chi connectivity index (χ0) is 33.0. The van der Waals surface area contributed by atoms with E-state index in [1.165, 1.54) is 20.2 Å². The summed E-state index contributed by atoms with van der Waals surface area (Å²) in [5.41, 5.74) is 10.6.